The fourth-order valence-electron chi connectivity index (χ4n) is 4.63. The van der Waals surface area contributed by atoms with Gasteiger partial charge in [-0.1, -0.05) is 36.4 Å². The van der Waals surface area contributed by atoms with Gasteiger partial charge in [-0.05, 0) is 35.9 Å². The molecular formula is C28H28N2O5. The van der Waals surface area contributed by atoms with Crippen molar-refractivity contribution < 1.29 is 24.2 Å². The molecule has 2 aliphatic heterocycles. The highest BCUT2D eigenvalue weighted by Gasteiger charge is 2.27. The quantitative estimate of drug-likeness (QED) is 0.556. The second-order valence-corrected chi connectivity index (χ2v) is 8.91. The molecule has 1 atom stereocenters. The van der Waals surface area contributed by atoms with Crippen LogP contribution in [0.3, 0.4) is 0 Å². The van der Waals surface area contributed by atoms with E-state index in [0.717, 1.165) is 24.2 Å². The largest absolute Gasteiger partial charge is 0.492 e. The molecule has 0 saturated carbocycles. The normalized spacial score (nSPS) is 17.0. The molecule has 2 aliphatic rings. The third kappa shape index (κ3) is 5.24. The number of anilines is 1. The Kier molecular flexibility index (Phi) is 6.57. The molecule has 0 bridgehead atoms. The standard InChI is InChI=1S/C28H28N2O5/c31-27(32)16-22-19-35-26-17-24(10-11-25(22)26)34-18-20-6-8-21(9-7-20)28(33)30-14-12-29(13-15-30)23-4-2-1-3-5-23/h1-11,17,22H,12-16,18-19H2,(H,31,32). The fraction of sp³-hybridized carbons (Fsp3) is 0.286. The molecule has 0 spiro atoms. The Morgan fingerprint density at radius 3 is 2.40 bits per heavy atom. The SMILES string of the molecule is O=C(O)CC1COc2cc(OCc3ccc(C(=O)N4CCN(c5ccccc5)CC4)cc3)ccc21. The summed E-state index contributed by atoms with van der Waals surface area (Å²) in [6, 6.07) is 23.4. The van der Waals surface area contributed by atoms with E-state index in [1.807, 2.05) is 65.6 Å². The molecule has 7 heteroatoms. The van der Waals surface area contributed by atoms with Crippen LogP contribution in [0.25, 0.3) is 0 Å². The average molecular weight is 473 g/mol. The first-order valence-corrected chi connectivity index (χ1v) is 11.9. The van der Waals surface area contributed by atoms with Crippen LogP contribution in [0.4, 0.5) is 5.69 Å². The summed E-state index contributed by atoms with van der Waals surface area (Å²) in [6.45, 7) is 3.79. The number of carboxylic acid groups (broad SMARTS) is 1. The lowest BCUT2D eigenvalue weighted by Gasteiger charge is -2.36. The third-order valence-electron chi connectivity index (χ3n) is 6.58. The van der Waals surface area contributed by atoms with Crippen LogP contribution in [-0.4, -0.2) is 54.7 Å². The van der Waals surface area contributed by atoms with E-state index < -0.39 is 5.97 Å². The predicted octanol–water partition coefficient (Wildman–Crippen LogP) is 4.18. The van der Waals surface area contributed by atoms with Gasteiger partial charge in [0.15, 0.2) is 0 Å². The molecule has 1 unspecified atom stereocenters. The van der Waals surface area contributed by atoms with Crippen molar-refractivity contribution in [3.8, 4) is 11.5 Å². The van der Waals surface area contributed by atoms with Gasteiger partial charge in [0.25, 0.3) is 5.91 Å². The minimum Gasteiger partial charge on any atom is -0.492 e. The summed E-state index contributed by atoms with van der Waals surface area (Å²) >= 11 is 0. The summed E-state index contributed by atoms with van der Waals surface area (Å²) in [5, 5.41) is 9.04. The van der Waals surface area contributed by atoms with Crippen LogP contribution in [0.15, 0.2) is 72.8 Å². The molecular weight excluding hydrogens is 444 g/mol. The number of para-hydroxylation sites is 1. The monoisotopic (exact) mass is 472 g/mol. The maximum absolute atomic E-state index is 13.0. The van der Waals surface area contributed by atoms with Gasteiger partial charge >= 0.3 is 5.97 Å². The Balaban J connectivity index is 1.14. The minimum absolute atomic E-state index is 0.0527. The molecule has 1 amide bonds. The van der Waals surface area contributed by atoms with E-state index in [2.05, 4.69) is 17.0 Å². The Bertz CT molecular complexity index is 1190. The number of hydrogen-bond donors (Lipinski definition) is 1. The van der Waals surface area contributed by atoms with Crippen LogP contribution in [0.1, 0.15) is 33.8 Å². The highest BCUT2D eigenvalue weighted by Crippen LogP contribution is 2.38. The molecule has 180 valence electrons. The number of nitrogens with zero attached hydrogens (tertiary/aromatic N) is 2. The first-order chi connectivity index (χ1) is 17.1. The fourth-order valence-corrected chi connectivity index (χ4v) is 4.63. The van der Waals surface area contributed by atoms with E-state index in [1.54, 1.807) is 0 Å². The molecule has 0 aliphatic carbocycles. The van der Waals surface area contributed by atoms with Crippen molar-refractivity contribution in [3.05, 3.63) is 89.5 Å². The first-order valence-electron chi connectivity index (χ1n) is 11.9. The Morgan fingerprint density at radius 1 is 0.943 bits per heavy atom. The van der Waals surface area contributed by atoms with Crippen LogP contribution in [0.2, 0.25) is 0 Å². The molecule has 7 nitrogen and oxygen atoms in total. The first kappa shape index (κ1) is 22.8. The lowest BCUT2D eigenvalue weighted by molar-refractivity contribution is -0.137. The van der Waals surface area contributed by atoms with E-state index >= 15 is 0 Å². The van der Waals surface area contributed by atoms with Gasteiger partial charge in [0.2, 0.25) is 0 Å². The number of rotatable bonds is 7. The molecule has 1 saturated heterocycles. The van der Waals surface area contributed by atoms with Crippen molar-refractivity contribution >= 4 is 17.6 Å². The number of carbonyl (C=O) groups is 2. The van der Waals surface area contributed by atoms with E-state index in [4.69, 9.17) is 14.6 Å². The smallest absolute Gasteiger partial charge is 0.304 e. The van der Waals surface area contributed by atoms with Gasteiger partial charge in [0.05, 0.1) is 13.0 Å². The topological polar surface area (TPSA) is 79.3 Å². The molecule has 35 heavy (non-hydrogen) atoms. The molecule has 0 radical (unpaired) electrons. The summed E-state index contributed by atoms with van der Waals surface area (Å²) < 4.78 is 11.6. The van der Waals surface area contributed by atoms with E-state index in [-0.39, 0.29) is 18.2 Å². The number of benzene rings is 3. The van der Waals surface area contributed by atoms with Crippen LogP contribution in [-0.2, 0) is 11.4 Å². The molecule has 1 fully saturated rings. The van der Waals surface area contributed by atoms with Gasteiger partial charge in [-0.3, -0.25) is 9.59 Å². The molecule has 3 aromatic carbocycles. The Labute approximate surface area is 204 Å². The van der Waals surface area contributed by atoms with Crippen molar-refractivity contribution in [2.45, 2.75) is 18.9 Å². The molecule has 0 aromatic heterocycles. The number of carboxylic acids is 1. The lowest BCUT2D eigenvalue weighted by atomic mass is 9.98. The molecule has 3 aromatic rings. The van der Waals surface area contributed by atoms with Gasteiger partial charge in [-0.15, -0.1) is 0 Å². The van der Waals surface area contributed by atoms with Crippen molar-refractivity contribution in [3.63, 3.8) is 0 Å². The second-order valence-electron chi connectivity index (χ2n) is 8.91. The number of carbonyl (C=O) groups excluding carboxylic acids is 1. The van der Waals surface area contributed by atoms with Crippen molar-refractivity contribution in [2.24, 2.45) is 0 Å². The number of fused-ring (bicyclic) bond motifs is 1. The zero-order valence-electron chi connectivity index (χ0n) is 19.4. The zero-order valence-corrected chi connectivity index (χ0v) is 19.4. The Hall–Kier alpha value is -4.00. The van der Waals surface area contributed by atoms with E-state index in [0.29, 0.717) is 43.4 Å². The summed E-state index contributed by atoms with van der Waals surface area (Å²) in [4.78, 5) is 28.2. The number of aliphatic carboxylic acids is 1. The summed E-state index contributed by atoms with van der Waals surface area (Å²) in [5.41, 5.74) is 3.74. The highest BCUT2D eigenvalue weighted by atomic mass is 16.5. The molecule has 2 heterocycles. The number of piperazine rings is 1. The van der Waals surface area contributed by atoms with Gasteiger partial charge in [-0.2, -0.15) is 0 Å². The van der Waals surface area contributed by atoms with Gasteiger partial charge in [-0.25, -0.2) is 0 Å². The molecule has 1 N–H and O–H groups in total. The van der Waals surface area contributed by atoms with Crippen LogP contribution < -0.4 is 14.4 Å². The Morgan fingerprint density at radius 2 is 1.69 bits per heavy atom. The zero-order chi connectivity index (χ0) is 24.2. The highest BCUT2D eigenvalue weighted by molar-refractivity contribution is 5.94. The predicted molar refractivity (Wildman–Crippen MR) is 132 cm³/mol. The maximum Gasteiger partial charge on any atom is 0.304 e. The number of amides is 1. The van der Waals surface area contributed by atoms with E-state index in [9.17, 15) is 9.59 Å². The van der Waals surface area contributed by atoms with Crippen molar-refractivity contribution in [1.29, 1.82) is 0 Å². The summed E-state index contributed by atoms with van der Waals surface area (Å²) in [7, 11) is 0. The minimum atomic E-state index is -0.830. The number of hydrogen-bond acceptors (Lipinski definition) is 5. The van der Waals surface area contributed by atoms with Crippen LogP contribution >= 0.6 is 0 Å². The van der Waals surface area contributed by atoms with E-state index in [1.165, 1.54) is 5.69 Å². The average Bonchev–Trinajstić information content (AvgIpc) is 3.29. The second kappa shape index (κ2) is 10.1. The third-order valence-corrected chi connectivity index (χ3v) is 6.58. The van der Waals surface area contributed by atoms with Gasteiger partial charge < -0.3 is 24.4 Å². The summed E-state index contributed by atoms with van der Waals surface area (Å²) in [5.74, 6) is 0.446. The van der Waals surface area contributed by atoms with Crippen molar-refractivity contribution in [1.82, 2.24) is 4.90 Å². The number of ether oxygens (including phenoxy) is 2. The van der Waals surface area contributed by atoms with Crippen molar-refractivity contribution in [2.75, 3.05) is 37.7 Å². The van der Waals surface area contributed by atoms with Gasteiger partial charge in [0.1, 0.15) is 18.1 Å². The van der Waals surface area contributed by atoms with Crippen LogP contribution in [0.5, 0.6) is 11.5 Å². The lowest BCUT2D eigenvalue weighted by Crippen LogP contribution is -2.48. The molecule has 5 rings (SSSR count). The van der Waals surface area contributed by atoms with Gasteiger partial charge in [0, 0.05) is 55.0 Å². The maximum atomic E-state index is 13.0. The van der Waals surface area contributed by atoms with Crippen LogP contribution in [0, 0.1) is 0 Å². The summed E-state index contributed by atoms with van der Waals surface area (Å²) in [6.07, 6.45) is 0.0565.